The number of rotatable bonds is 60. The third-order valence-corrected chi connectivity index (χ3v) is 14.5. The average Bonchev–Trinajstić information content (AvgIpc) is 3.41. The lowest BCUT2D eigenvalue weighted by Gasteiger charge is -2.18. The van der Waals surface area contributed by atoms with E-state index in [9.17, 15) is 14.4 Å². The van der Waals surface area contributed by atoms with Crippen LogP contribution in [0.25, 0.3) is 0 Å². The van der Waals surface area contributed by atoms with Crippen molar-refractivity contribution in [1.82, 2.24) is 0 Å². The monoisotopic (exact) mass is 1050 g/mol. The maximum atomic E-state index is 12.8. The Bertz CT molecular complexity index is 1340. The Balaban J connectivity index is 4.05. The predicted molar refractivity (Wildman–Crippen MR) is 325 cm³/mol. The minimum atomic E-state index is -0.785. The summed E-state index contributed by atoms with van der Waals surface area (Å²) >= 11 is 0. The largest absolute Gasteiger partial charge is 0.462 e. The Kier molecular flexibility index (Phi) is 61.2. The first-order chi connectivity index (χ1) is 37.0. The Hall–Kier alpha value is -2.89. The van der Waals surface area contributed by atoms with Gasteiger partial charge in [0.1, 0.15) is 13.2 Å². The molecule has 0 aliphatic rings. The summed E-state index contributed by atoms with van der Waals surface area (Å²) < 4.78 is 16.8. The summed E-state index contributed by atoms with van der Waals surface area (Å²) in [6.07, 6.45) is 81.2. The molecule has 0 fully saturated rings. The molecule has 75 heavy (non-hydrogen) atoms. The standard InChI is InChI=1S/C69H124O6/c1-4-7-10-13-16-19-22-24-25-26-27-28-29-30-31-32-33-34-35-36-37-38-39-40-41-42-43-45-47-50-53-56-59-62-68(71)74-65-66(64-73-67(70)61-58-55-52-49-46-21-18-15-12-9-6-3)75-69(72)63-60-57-54-51-48-44-23-20-17-14-11-8-5-2/h8,11,17,20,22,24,26-27,44,48,66H,4-7,9-10,12-16,18-19,21,23,25,28-43,45-47,49-65H2,1-3H3/b11-8-,20-17-,24-22-,27-26-,48-44-. The van der Waals surface area contributed by atoms with Crippen molar-refractivity contribution < 1.29 is 28.6 Å². The fourth-order valence-electron chi connectivity index (χ4n) is 9.61. The zero-order chi connectivity index (χ0) is 54.3. The number of hydrogen-bond acceptors (Lipinski definition) is 6. The summed E-state index contributed by atoms with van der Waals surface area (Å²) in [7, 11) is 0. The van der Waals surface area contributed by atoms with E-state index in [0.29, 0.717) is 19.3 Å². The average molecular weight is 1050 g/mol. The van der Waals surface area contributed by atoms with Crippen LogP contribution in [0, 0.1) is 0 Å². The predicted octanol–water partition coefficient (Wildman–Crippen LogP) is 22.3. The third kappa shape index (κ3) is 61.8. The second kappa shape index (κ2) is 63.6. The Morgan fingerprint density at radius 2 is 0.520 bits per heavy atom. The van der Waals surface area contributed by atoms with E-state index in [-0.39, 0.29) is 31.1 Å². The smallest absolute Gasteiger partial charge is 0.306 e. The van der Waals surface area contributed by atoms with Gasteiger partial charge in [0.2, 0.25) is 0 Å². The number of carbonyl (C=O) groups is 3. The van der Waals surface area contributed by atoms with E-state index in [0.717, 1.165) is 89.9 Å². The van der Waals surface area contributed by atoms with Crippen molar-refractivity contribution in [2.45, 2.75) is 348 Å². The Morgan fingerprint density at radius 1 is 0.280 bits per heavy atom. The quantitative estimate of drug-likeness (QED) is 0.0261. The van der Waals surface area contributed by atoms with E-state index in [4.69, 9.17) is 14.2 Å². The van der Waals surface area contributed by atoms with E-state index in [2.05, 4.69) is 81.5 Å². The molecular weight excluding hydrogens is 925 g/mol. The van der Waals surface area contributed by atoms with Gasteiger partial charge in [-0.15, -0.1) is 0 Å². The van der Waals surface area contributed by atoms with Crippen molar-refractivity contribution >= 4 is 17.9 Å². The summed E-state index contributed by atoms with van der Waals surface area (Å²) in [6.45, 7) is 6.52. The number of esters is 3. The van der Waals surface area contributed by atoms with Crippen LogP contribution in [0.5, 0.6) is 0 Å². The first-order valence-corrected chi connectivity index (χ1v) is 32.8. The van der Waals surface area contributed by atoms with E-state index >= 15 is 0 Å². The molecule has 0 rings (SSSR count). The van der Waals surface area contributed by atoms with Crippen molar-refractivity contribution in [3.8, 4) is 0 Å². The maximum absolute atomic E-state index is 12.8. The van der Waals surface area contributed by atoms with Gasteiger partial charge in [-0.25, -0.2) is 0 Å². The minimum Gasteiger partial charge on any atom is -0.462 e. The number of ether oxygens (including phenoxy) is 3. The summed E-state index contributed by atoms with van der Waals surface area (Å²) in [4.78, 5) is 38.1. The highest BCUT2D eigenvalue weighted by Gasteiger charge is 2.19. The summed E-state index contributed by atoms with van der Waals surface area (Å²) in [5.41, 5.74) is 0. The Labute approximate surface area is 466 Å². The molecule has 0 aliphatic carbocycles. The molecule has 0 amide bonds. The molecule has 6 nitrogen and oxygen atoms in total. The molecule has 0 aromatic heterocycles. The van der Waals surface area contributed by atoms with Crippen LogP contribution in [-0.2, 0) is 28.6 Å². The van der Waals surface area contributed by atoms with Gasteiger partial charge in [-0.3, -0.25) is 14.4 Å². The molecule has 0 radical (unpaired) electrons. The molecule has 0 saturated carbocycles. The summed E-state index contributed by atoms with van der Waals surface area (Å²) in [5.74, 6) is -0.896. The van der Waals surface area contributed by atoms with Crippen LogP contribution in [0.4, 0.5) is 0 Å². The normalized spacial score (nSPS) is 12.4. The molecule has 0 saturated heterocycles. The minimum absolute atomic E-state index is 0.0817. The number of allylic oxidation sites excluding steroid dienone is 10. The van der Waals surface area contributed by atoms with Crippen molar-refractivity contribution in [2.75, 3.05) is 13.2 Å². The molecule has 0 aromatic rings. The number of unbranched alkanes of at least 4 members (excludes halogenated alkanes) is 39. The van der Waals surface area contributed by atoms with E-state index < -0.39 is 6.10 Å². The number of hydrogen-bond donors (Lipinski definition) is 0. The first-order valence-electron chi connectivity index (χ1n) is 32.8. The molecule has 0 bridgehead atoms. The van der Waals surface area contributed by atoms with Gasteiger partial charge in [-0.1, -0.05) is 300 Å². The van der Waals surface area contributed by atoms with E-state index in [1.807, 2.05) is 0 Å². The Morgan fingerprint density at radius 3 is 0.827 bits per heavy atom. The molecule has 436 valence electrons. The van der Waals surface area contributed by atoms with Crippen molar-refractivity contribution in [1.29, 1.82) is 0 Å². The summed E-state index contributed by atoms with van der Waals surface area (Å²) in [5, 5.41) is 0. The van der Waals surface area contributed by atoms with Gasteiger partial charge in [-0.05, 0) is 83.5 Å². The van der Waals surface area contributed by atoms with Crippen molar-refractivity contribution in [2.24, 2.45) is 0 Å². The zero-order valence-corrected chi connectivity index (χ0v) is 50.1. The lowest BCUT2D eigenvalue weighted by Crippen LogP contribution is -2.30. The van der Waals surface area contributed by atoms with Crippen LogP contribution in [0.3, 0.4) is 0 Å². The molecule has 1 unspecified atom stereocenters. The third-order valence-electron chi connectivity index (χ3n) is 14.5. The van der Waals surface area contributed by atoms with Gasteiger partial charge in [-0.2, -0.15) is 0 Å². The molecule has 0 aromatic carbocycles. The maximum Gasteiger partial charge on any atom is 0.306 e. The highest BCUT2D eigenvalue weighted by atomic mass is 16.6. The van der Waals surface area contributed by atoms with Gasteiger partial charge >= 0.3 is 17.9 Å². The van der Waals surface area contributed by atoms with Gasteiger partial charge in [0, 0.05) is 19.3 Å². The first kappa shape index (κ1) is 72.1. The highest BCUT2D eigenvalue weighted by molar-refractivity contribution is 5.71. The number of carbonyl (C=O) groups excluding carboxylic acids is 3. The van der Waals surface area contributed by atoms with Gasteiger partial charge in [0.15, 0.2) is 6.10 Å². The fourth-order valence-corrected chi connectivity index (χ4v) is 9.61. The molecule has 0 spiro atoms. The van der Waals surface area contributed by atoms with Crippen LogP contribution in [0.1, 0.15) is 342 Å². The molecular formula is C69H124O6. The molecule has 1 atom stereocenters. The van der Waals surface area contributed by atoms with Crippen LogP contribution in [-0.4, -0.2) is 37.2 Å². The molecule has 0 N–H and O–H groups in total. The van der Waals surface area contributed by atoms with E-state index in [1.54, 1.807) is 0 Å². The molecule has 0 aliphatic heterocycles. The topological polar surface area (TPSA) is 78.9 Å². The fraction of sp³-hybridized carbons (Fsp3) is 0.812. The second-order valence-corrected chi connectivity index (χ2v) is 22.0. The van der Waals surface area contributed by atoms with Crippen LogP contribution < -0.4 is 0 Å². The SMILES string of the molecule is CC/C=C\C/C=C\C/C=C\CCCCCC(=O)OC(COC(=O)CCCCCCCCCCCCC)COC(=O)CCCCCCCCCCCCCCCCCCCCCCC/C=C\C/C=C\CCCCCCC. The van der Waals surface area contributed by atoms with Crippen molar-refractivity contribution in [3.63, 3.8) is 0 Å². The summed E-state index contributed by atoms with van der Waals surface area (Å²) in [6, 6.07) is 0. The van der Waals surface area contributed by atoms with Gasteiger partial charge < -0.3 is 14.2 Å². The van der Waals surface area contributed by atoms with Gasteiger partial charge in [0.25, 0.3) is 0 Å². The van der Waals surface area contributed by atoms with Crippen LogP contribution in [0.2, 0.25) is 0 Å². The van der Waals surface area contributed by atoms with Crippen LogP contribution in [0.15, 0.2) is 60.8 Å². The molecule has 6 heteroatoms. The van der Waals surface area contributed by atoms with Crippen LogP contribution >= 0.6 is 0 Å². The second-order valence-electron chi connectivity index (χ2n) is 22.0. The van der Waals surface area contributed by atoms with Crippen molar-refractivity contribution in [3.05, 3.63) is 60.8 Å². The zero-order valence-electron chi connectivity index (χ0n) is 50.1. The highest BCUT2D eigenvalue weighted by Crippen LogP contribution is 2.17. The van der Waals surface area contributed by atoms with Gasteiger partial charge in [0.05, 0.1) is 0 Å². The van der Waals surface area contributed by atoms with E-state index in [1.165, 1.54) is 212 Å². The lowest BCUT2D eigenvalue weighted by atomic mass is 10.0. The lowest BCUT2D eigenvalue weighted by molar-refractivity contribution is -0.167. The molecule has 0 heterocycles.